The Balaban J connectivity index is 1.58. The monoisotopic (exact) mass is 509 g/mol. The minimum absolute atomic E-state index is 0.196. The van der Waals surface area contributed by atoms with Gasteiger partial charge >= 0.3 is 0 Å². The molecule has 0 unspecified atom stereocenters. The molecule has 1 aliphatic heterocycles. The van der Waals surface area contributed by atoms with E-state index in [-0.39, 0.29) is 17.7 Å². The zero-order chi connectivity index (χ0) is 25.8. The summed E-state index contributed by atoms with van der Waals surface area (Å²) in [6.45, 7) is 10.8. The lowest BCUT2D eigenvalue weighted by Gasteiger charge is -2.38. The Kier molecular flexibility index (Phi) is 6.04. The number of aromatic nitrogens is 4. The third-order valence-corrected chi connectivity index (χ3v) is 7.56. The maximum atomic E-state index is 14.5. The molecule has 1 aliphatic rings. The van der Waals surface area contributed by atoms with Crippen LogP contribution in [0.2, 0.25) is 0 Å². The number of nitrogens with one attached hydrogen (secondary N) is 2. The molecule has 5 rings (SSSR count). The van der Waals surface area contributed by atoms with Gasteiger partial charge in [0.25, 0.3) is 5.91 Å². The molecule has 9 nitrogen and oxygen atoms in total. The van der Waals surface area contributed by atoms with E-state index in [4.69, 9.17) is 4.98 Å². The number of fused-ring (bicyclic) bond motifs is 2. The Hall–Kier alpha value is -3.36. The van der Waals surface area contributed by atoms with Crippen LogP contribution in [0.1, 0.15) is 29.9 Å². The second kappa shape index (κ2) is 8.94. The Labute approximate surface area is 208 Å². The number of rotatable bonds is 4. The van der Waals surface area contributed by atoms with Crippen LogP contribution < -0.4 is 21.0 Å². The van der Waals surface area contributed by atoms with Crippen LogP contribution in [0.3, 0.4) is 0 Å². The zero-order valence-electron chi connectivity index (χ0n) is 20.9. The van der Waals surface area contributed by atoms with Crippen molar-refractivity contribution in [2.75, 3.05) is 36.6 Å². The average Bonchev–Trinajstić information content (AvgIpc) is 3.17. The number of amides is 1. The molecule has 11 heteroatoms. The van der Waals surface area contributed by atoms with Crippen LogP contribution >= 0.6 is 7.14 Å². The average molecular weight is 510 g/mol. The van der Waals surface area contributed by atoms with Gasteiger partial charge in [0.1, 0.15) is 23.6 Å². The number of aryl methyl sites for hydroxylation is 1. The Bertz CT molecular complexity index is 1540. The smallest absolute Gasteiger partial charge is 0.257 e. The van der Waals surface area contributed by atoms with Gasteiger partial charge < -0.3 is 24.5 Å². The summed E-state index contributed by atoms with van der Waals surface area (Å²) in [6.07, 6.45) is 4.78. The summed E-state index contributed by atoms with van der Waals surface area (Å²) in [5.41, 5.74) is 3.64. The number of pyridine rings is 1. The van der Waals surface area contributed by atoms with Gasteiger partial charge in [-0.1, -0.05) is 0 Å². The highest BCUT2D eigenvalue weighted by atomic mass is 31.2. The van der Waals surface area contributed by atoms with E-state index in [1.54, 1.807) is 43.1 Å². The molecule has 0 aliphatic carbocycles. The normalized spacial score (nSPS) is 18.7. The second-order valence-corrected chi connectivity index (χ2v) is 13.1. The van der Waals surface area contributed by atoms with Crippen molar-refractivity contribution in [2.45, 2.75) is 32.9 Å². The van der Waals surface area contributed by atoms with E-state index in [1.807, 2.05) is 6.07 Å². The summed E-state index contributed by atoms with van der Waals surface area (Å²) in [5, 5.41) is 6.29. The van der Waals surface area contributed by atoms with E-state index in [9.17, 15) is 13.8 Å². The lowest BCUT2D eigenvalue weighted by molar-refractivity contribution is 0.102. The van der Waals surface area contributed by atoms with Crippen molar-refractivity contribution in [2.24, 2.45) is 0 Å². The van der Waals surface area contributed by atoms with Crippen molar-refractivity contribution in [3.63, 3.8) is 0 Å². The molecule has 1 amide bonds. The fourth-order valence-corrected chi connectivity index (χ4v) is 5.42. The Morgan fingerprint density at radius 3 is 2.56 bits per heavy atom. The molecule has 4 aromatic rings. The van der Waals surface area contributed by atoms with Gasteiger partial charge in [-0.2, -0.15) is 0 Å². The molecule has 0 spiro atoms. The number of carbonyl (C=O) groups is 1. The fraction of sp³-hybridized carbons (Fsp3) is 0.360. The lowest BCUT2D eigenvalue weighted by Crippen LogP contribution is -2.54. The molecule has 4 heterocycles. The molecular formula is C25H29FN7O2P. The van der Waals surface area contributed by atoms with Crippen LogP contribution in [0.15, 0.2) is 36.8 Å². The number of imidazole rings is 1. The van der Waals surface area contributed by atoms with Gasteiger partial charge in [0.15, 0.2) is 11.5 Å². The topological polar surface area (TPSA) is 105 Å². The molecule has 188 valence electrons. The maximum Gasteiger partial charge on any atom is 0.257 e. The lowest BCUT2D eigenvalue weighted by atomic mass is 10.1. The van der Waals surface area contributed by atoms with E-state index >= 15 is 0 Å². The number of anilines is 2. The largest absolute Gasteiger partial charge is 0.367 e. The second-order valence-electron chi connectivity index (χ2n) is 9.93. The molecule has 0 bridgehead atoms. The van der Waals surface area contributed by atoms with E-state index < -0.39 is 18.9 Å². The number of hydrogen-bond donors (Lipinski definition) is 2. The molecule has 1 aromatic carbocycles. The summed E-state index contributed by atoms with van der Waals surface area (Å²) < 4.78 is 28.9. The minimum Gasteiger partial charge on any atom is -0.367 e. The first-order valence-corrected chi connectivity index (χ1v) is 14.4. The number of carbonyl (C=O) groups excluding carboxylic acids is 1. The Morgan fingerprint density at radius 2 is 1.86 bits per heavy atom. The number of halogens is 1. The molecule has 36 heavy (non-hydrogen) atoms. The van der Waals surface area contributed by atoms with Crippen molar-refractivity contribution < 1.29 is 13.8 Å². The van der Waals surface area contributed by atoms with Crippen LogP contribution in [0.4, 0.5) is 15.8 Å². The molecule has 2 N–H and O–H groups in total. The third kappa shape index (κ3) is 4.58. The first-order valence-electron chi connectivity index (χ1n) is 11.8. The number of piperazine rings is 1. The molecule has 0 saturated carbocycles. The van der Waals surface area contributed by atoms with Crippen LogP contribution in [-0.4, -0.2) is 63.8 Å². The minimum atomic E-state index is -2.68. The van der Waals surface area contributed by atoms with Gasteiger partial charge in [0, 0.05) is 43.6 Å². The van der Waals surface area contributed by atoms with E-state index in [1.165, 1.54) is 12.3 Å². The fourth-order valence-electron chi connectivity index (χ4n) is 4.74. The number of benzene rings is 1. The summed E-state index contributed by atoms with van der Waals surface area (Å²) in [6, 6.07) is 5.35. The van der Waals surface area contributed by atoms with Crippen molar-refractivity contribution in [3.05, 3.63) is 53.9 Å². The number of nitrogens with zero attached hydrogens (tertiary/aromatic N) is 5. The first kappa shape index (κ1) is 24.3. The van der Waals surface area contributed by atoms with Crippen molar-refractivity contribution in [1.29, 1.82) is 0 Å². The van der Waals surface area contributed by atoms with Gasteiger partial charge in [0.2, 0.25) is 0 Å². The molecule has 3 aromatic heterocycles. The van der Waals surface area contributed by atoms with Crippen molar-refractivity contribution in [1.82, 2.24) is 24.7 Å². The van der Waals surface area contributed by atoms with Crippen LogP contribution in [0, 0.1) is 12.7 Å². The van der Waals surface area contributed by atoms with Gasteiger partial charge in [-0.15, -0.1) is 0 Å². The highest BCUT2D eigenvalue weighted by molar-refractivity contribution is 7.69. The predicted molar refractivity (Wildman–Crippen MR) is 141 cm³/mol. The summed E-state index contributed by atoms with van der Waals surface area (Å²) in [4.78, 5) is 29.0. The van der Waals surface area contributed by atoms with E-state index in [0.717, 1.165) is 18.8 Å². The summed E-state index contributed by atoms with van der Waals surface area (Å²) in [7, 11) is -2.68. The van der Waals surface area contributed by atoms with Gasteiger partial charge in [-0.3, -0.25) is 9.78 Å². The SMILES string of the molecule is Cc1cn2cc(NC(=O)c3ccc(N4C[C@H](C)N[C@@H](C)C4)c4nc(P(C)(C)=O)cnc34)cc(F)c2n1. The van der Waals surface area contributed by atoms with Crippen LogP contribution in [-0.2, 0) is 4.57 Å². The molecule has 1 saturated heterocycles. The number of hydrogen-bond acceptors (Lipinski definition) is 7. The van der Waals surface area contributed by atoms with Crippen molar-refractivity contribution >= 4 is 46.5 Å². The molecule has 0 radical (unpaired) electrons. The van der Waals surface area contributed by atoms with E-state index in [0.29, 0.717) is 33.4 Å². The highest BCUT2D eigenvalue weighted by Gasteiger charge is 2.26. The first-order chi connectivity index (χ1) is 17.0. The quantitative estimate of drug-likeness (QED) is 0.406. The van der Waals surface area contributed by atoms with Gasteiger partial charge in [-0.25, -0.2) is 14.4 Å². The molecule has 2 atom stereocenters. The van der Waals surface area contributed by atoms with Crippen molar-refractivity contribution in [3.8, 4) is 0 Å². The Morgan fingerprint density at radius 1 is 1.14 bits per heavy atom. The molecule has 1 fully saturated rings. The molecular weight excluding hydrogens is 480 g/mol. The standard InChI is InChI=1S/C25H29FN7O2P/c1-14-10-32(11-15(2)28-14)20-7-6-18(22-23(20)31-21(9-27-22)36(4,5)35)25(34)30-17-8-19(26)24-29-16(3)12-33(24)13-17/h6-9,12-15,28H,10-11H2,1-5H3,(H,30,34)/t14-,15-/m0/s1. The predicted octanol–water partition coefficient (Wildman–Crippen LogP) is 3.41. The van der Waals surface area contributed by atoms with Crippen LogP contribution in [0.25, 0.3) is 16.7 Å². The van der Waals surface area contributed by atoms with E-state index in [2.05, 4.69) is 39.3 Å². The van der Waals surface area contributed by atoms with Gasteiger partial charge in [-0.05, 0) is 46.2 Å². The van der Waals surface area contributed by atoms with Gasteiger partial charge in [0.05, 0.1) is 28.8 Å². The third-order valence-electron chi connectivity index (χ3n) is 6.24. The summed E-state index contributed by atoms with van der Waals surface area (Å²) in [5.74, 6) is -0.975. The zero-order valence-corrected chi connectivity index (χ0v) is 21.8. The maximum absolute atomic E-state index is 14.5. The highest BCUT2D eigenvalue weighted by Crippen LogP contribution is 2.35. The van der Waals surface area contributed by atoms with Crippen LogP contribution in [0.5, 0.6) is 0 Å². The summed E-state index contributed by atoms with van der Waals surface area (Å²) >= 11 is 0.